The van der Waals surface area contributed by atoms with Gasteiger partial charge in [-0.1, -0.05) is 239 Å². The van der Waals surface area contributed by atoms with Crippen molar-refractivity contribution in [1.82, 2.24) is 5.32 Å². The van der Waals surface area contributed by atoms with E-state index in [1.54, 1.807) is 0 Å². The van der Waals surface area contributed by atoms with Crippen LogP contribution in [0.25, 0.3) is 0 Å². The van der Waals surface area contributed by atoms with Crippen LogP contribution >= 0.6 is 0 Å². The van der Waals surface area contributed by atoms with Gasteiger partial charge in [0.25, 0.3) is 0 Å². The van der Waals surface area contributed by atoms with Crippen molar-refractivity contribution in [3.8, 4) is 0 Å². The summed E-state index contributed by atoms with van der Waals surface area (Å²) < 4.78 is 11.1. The average Bonchev–Trinajstić information content (AvgIpc) is 3.27. The first-order valence-corrected chi connectivity index (χ1v) is 26.4. The number of carbonyl (C=O) groups excluding carboxylic acids is 1. The Morgan fingerprint density at radius 3 is 1.19 bits per heavy atom. The van der Waals surface area contributed by atoms with E-state index in [2.05, 4.69) is 19.2 Å². The molecule has 62 heavy (non-hydrogen) atoms. The maximum absolute atomic E-state index is 13.1. The molecule has 1 amide bonds. The van der Waals surface area contributed by atoms with Crippen LogP contribution in [0.1, 0.15) is 251 Å². The molecule has 0 aromatic heterocycles. The summed E-state index contributed by atoms with van der Waals surface area (Å²) in [5.74, 6) is -0.691. The summed E-state index contributed by atoms with van der Waals surface area (Å²) in [5.41, 5.74) is 0. The molecule has 1 aliphatic rings. The Labute approximate surface area is 379 Å². The summed E-state index contributed by atoms with van der Waals surface area (Å²) in [6.45, 7) is 3.48. The first kappa shape index (κ1) is 59.1. The van der Waals surface area contributed by atoms with E-state index in [9.17, 15) is 40.5 Å². The summed E-state index contributed by atoms with van der Waals surface area (Å²) >= 11 is 0. The zero-order valence-corrected chi connectivity index (χ0v) is 40.1. The number of hydrogen-bond acceptors (Lipinski definition) is 10. The Balaban J connectivity index is 2.35. The normalized spacial score (nSPS) is 21.2. The Morgan fingerprint density at radius 2 is 0.839 bits per heavy atom. The number of amides is 1. The maximum Gasteiger partial charge on any atom is 0.249 e. The molecular weight excluding hydrogens is 787 g/mol. The van der Waals surface area contributed by atoms with E-state index in [1.807, 2.05) is 0 Å². The van der Waals surface area contributed by atoms with Gasteiger partial charge in [0.15, 0.2) is 6.29 Å². The number of unbranched alkanes of at least 4 members (excludes halogenated alkanes) is 33. The van der Waals surface area contributed by atoms with Crippen LogP contribution in [0.2, 0.25) is 0 Å². The standard InChI is InChI=1S/C51H101NO10/c1-3-5-7-9-11-13-15-17-19-20-21-22-23-25-27-29-31-33-35-37-39-44(55)50(60)52-42(41-61-51-49(59)48(58)47(57)45(40-53)62-51)46(56)43(54)38-36-34-32-30-28-26-24-18-16-14-12-10-8-6-4-2/h42-49,51,53-59H,3-41H2,1-2H3,(H,52,60). The van der Waals surface area contributed by atoms with E-state index >= 15 is 0 Å². The molecule has 0 aliphatic carbocycles. The van der Waals surface area contributed by atoms with Crippen LogP contribution in [0.4, 0.5) is 0 Å². The third-order valence-corrected chi connectivity index (χ3v) is 13.2. The first-order valence-electron chi connectivity index (χ1n) is 26.4. The zero-order valence-electron chi connectivity index (χ0n) is 40.1. The molecule has 1 rings (SSSR count). The minimum atomic E-state index is -1.66. The quantitative estimate of drug-likeness (QED) is 0.0273. The molecule has 11 heteroatoms. The summed E-state index contributed by atoms with van der Waals surface area (Å²) in [7, 11) is 0. The molecule has 0 aromatic carbocycles. The van der Waals surface area contributed by atoms with Crippen molar-refractivity contribution in [2.45, 2.75) is 306 Å². The Kier molecular flexibility index (Phi) is 39.6. The van der Waals surface area contributed by atoms with Crippen molar-refractivity contribution in [3.05, 3.63) is 0 Å². The van der Waals surface area contributed by atoms with Gasteiger partial charge in [0.05, 0.1) is 25.4 Å². The van der Waals surface area contributed by atoms with Gasteiger partial charge in [-0.2, -0.15) is 0 Å². The van der Waals surface area contributed by atoms with Crippen molar-refractivity contribution in [2.75, 3.05) is 13.2 Å². The van der Waals surface area contributed by atoms with E-state index in [4.69, 9.17) is 9.47 Å². The second-order valence-electron chi connectivity index (χ2n) is 19.0. The van der Waals surface area contributed by atoms with Gasteiger partial charge in [-0.05, 0) is 12.8 Å². The minimum absolute atomic E-state index is 0.267. The second-order valence-corrected chi connectivity index (χ2v) is 19.0. The number of ether oxygens (including phenoxy) is 2. The topological polar surface area (TPSA) is 189 Å². The molecule has 1 heterocycles. The second kappa shape index (κ2) is 41.5. The molecule has 0 saturated carbocycles. The van der Waals surface area contributed by atoms with Gasteiger partial charge in [-0.25, -0.2) is 0 Å². The van der Waals surface area contributed by atoms with Gasteiger partial charge in [-0.15, -0.1) is 0 Å². The predicted octanol–water partition coefficient (Wildman–Crippen LogP) is 9.84. The van der Waals surface area contributed by atoms with E-state index in [-0.39, 0.29) is 6.42 Å². The molecule has 9 unspecified atom stereocenters. The third-order valence-electron chi connectivity index (χ3n) is 13.2. The molecule has 1 saturated heterocycles. The van der Waals surface area contributed by atoms with E-state index < -0.39 is 74.2 Å². The highest BCUT2D eigenvalue weighted by Crippen LogP contribution is 2.23. The largest absolute Gasteiger partial charge is 0.394 e. The summed E-state index contributed by atoms with van der Waals surface area (Å²) in [6.07, 6.45) is 32.9. The van der Waals surface area contributed by atoms with E-state index in [0.29, 0.717) is 19.3 Å². The molecule has 0 aromatic rings. The fourth-order valence-corrected chi connectivity index (χ4v) is 8.80. The highest BCUT2D eigenvalue weighted by atomic mass is 16.7. The molecule has 1 aliphatic heterocycles. The molecular formula is C51H101NO10. The lowest BCUT2D eigenvalue weighted by Gasteiger charge is -2.40. The van der Waals surface area contributed by atoms with Crippen LogP contribution in [0.3, 0.4) is 0 Å². The Bertz CT molecular complexity index is 975. The van der Waals surface area contributed by atoms with Crippen LogP contribution in [0.15, 0.2) is 0 Å². The molecule has 0 bridgehead atoms. The smallest absolute Gasteiger partial charge is 0.249 e. The molecule has 0 radical (unpaired) electrons. The summed E-state index contributed by atoms with van der Waals surface area (Å²) in [6, 6.07) is -1.16. The van der Waals surface area contributed by atoms with E-state index in [0.717, 1.165) is 38.5 Å². The first-order chi connectivity index (χ1) is 30.2. The average molecular weight is 888 g/mol. The van der Waals surface area contributed by atoms with Crippen molar-refractivity contribution >= 4 is 5.91 Å². The lowest BCUT2D eigenvalue weighted by molar-refractivity contribution is -0.303. The molecule has 370 valence electrons. The monoisotopic (exact) mass is 888 g/mol. The number of aliphatic hydroxyl groups is 7. The van der Waals surface area contributed by atoms with E-state index in [1.165, 1.54) is 173 Å². The van der Waals surface area contributed by atoms with Gasteiger partial charge in [-0.3, -0.25) is 4.79 Å². The van der Waals surface area contributed by atoms with Crippen molar-refractivity contribution in [1.29, 1.82) is 0 Å². The SMILES string of the molecule is CCCCCCCCCCCCCCCCCCCCCCC(O)C(=O)NC(COC1OC(CO)C(O)C(O)C1O)C(O)C(O)CCCCCCCCCCCCCCCCC. The fraction of sp³-hybridized carbons (Fsp3) is 0.980. The van der Waals surface area contributed by atoms with Crippen LogP contribution < -0.4 is 5.32 Å². The number of rotatable bonds is 45. The van der Waals surface area contributed by atoms with Gasteiger partial charge in [0.1, 0.15) is 36.6 Å². The molecule has 9 atom stereocenters. The lowest BCUT2D eigenvalue weighted by atomic mass is 9.98. The highest BCUT2D eigenvalue weighted by molar-refractivity contribution is 5.80. The fourth-order valence-electron chi connectivity index (χ4n) is 8.80. The highest BCUT2D eigenvalue weighted by Gasteiger charge is 2.44. The van der Waals surface area contributed by atoms with Crippen LogP contribution in [0, 0.1) is 0 Å². The van der Waals surface area contributed by atoms with Gasteiger partial charge in [0, 0.05) is 0 Å². The van der Waals surface area contributed by atoms with Crippen molar-refractivity contribution in [3.63, 3.8) is 0 Å². The third kappa shape index (κ3) is 30.3. The van der Waals surface area contributed by atoms with Crippen LogP contribution in [-0.2, 0) is 14.3 Å². The lowest BCUT2D eigenvalue weighted by Crippen LogP contribution is -2.60. The Hall–Kier alpha value is -0.890. The molecule has 1 fully saturated rings. The Morgan fingerprint density at radius 1 is 0.500 bits per heavy atom. The zero-order chi connectivity index (χ0) is 45.5. The summed E-state index contributed by atoms with van der Waals surface area (Å²) in [5, 5.41) is 75.9. The predicted molar refractivity (Wildman–Crippen MR) is 252 cm³/mol. The number of nitrogens with one attached hydrogen (secondary N) is 1. The summed E-state index contributed by atoms with van der Waals surface area (Å²) in [4.78, 5) is 13.1. The van der Waals surface area contributed by atoms with Crippen LogP contribution in [0.5, 0.6) is 0 Å². The number of hydrogen-bond donors (Lipinski definition) is 8. The maximum atomic E-state index is 13.1. The van der Waals surface area contributed by atoms with Crippen LogP contribution in [-0.4, -0.2) is 110 Å². The minimum Gasteiger partial charge on any atom is -0.394 e. The number of aliphatic hydroxyl groups excluding tert-OH is 7. The van der Waals surface area contributed by atoms with Gasteiger partial charge in [0.2, 0.25) is 5.91 Å². The molecule has 0 spiro atoms. The van der Waals surface area contributed by atoms with Gasteiger partial charge >= 0.3 is 0 Å². The van der Waals surface area contributed by atoms with Crippen molar-refractivity contribution in [2.24, 2.45) is 0 Å². The van der Waals surface area contributed by atoms with Gasteiger partial charge < -0.3 is 50.5 Å². The van der Waals surface area contributed by atoms with Crippen molar-refractivity contribution < 1.29 is 50.0 Å². The molecule has 11 nitrogen and oxygen atoms in total. The molecule has 8 N–H and O–H groups in total. The number of carbonyl (C=O) groups is 1.